The molecule has 9 heavy (non-hydrogen) atoms. The molecule has 0 spiro atoms. The van der Waals surface area contributed by atoms with Crippen LogP contribution in [0.3, 0.4) is 0 Å². The molecule has 0 bridgehead atoms. The van der Waals surface area contributed by atoms with Gasteiger partial charge >= 0.3 is 0 Å². The molecule has 0 aliphatic heterocycles. The molecule has 2 nitrogen and oxygen atoms in total. The van der Waals surface area contributed by atoms with E-state index in [9.17, 15) is 0 Å². The van der Waals surface area contributed by atoms with Crippen molar-refractivity contribution >= 4 is 0 Å². The minimum absolute atomic E-state index is 0.0154. The minimum atomic E-state index is -0.438. The summed E-state index contributed by atoms with van der Waals surface area (Å²) in [5.41, 5.74) is 0. The highest BCUT2D eigenvalue weighted by atomic mass is 16.3. The maximum Gasteiger partial charge on any atom is 0.0622 e. The Balaban J connectivity index is 3.63. The predicted octanol–water partition coefficient (Wildman–Crippen LogP) is 0.552. The van der Waals surface area contributed by atoms with Crippen LogP contribution in [0.1, 0.15) is 13.3 Å². The molecule has 0 heterocycles. The number of hydrogen-bond donors (Lipinski definition) is 2. The van der Waals surface area contributed by atoms with E-state index in [0.717, 1.165) is 0 Å². The fourth-order valence-electron chi connectivity index (χ4n) is 0.656. The molecule has 2 heteroatoms. The summed E-state index contributed by atoms with van der Waals surface area (Å²) in [5, 5.41) is 17.7. The second-order valence-electron chi connectivity index (χ2n) is 2.06. The summed E-state index contributed by atoms with van der Waals surface area (Å²) in [6, 6.07) is 0. The molecule has 0 aliphatic carbocycles. The number of hydrogen-bond acceptors (Lipinski definition) is 2. The van der Waals surface area contributed by atoms with Crippen LogP contribution in [0.5, 0.6) is 0 Å². The Hall–Kier alpha value is -0.340. The fourth-order valence-corrected chi connectivity index (χ4v) is 0.656. The van der Waals surface area contributed by atoms with Gasteiger partial charge in [-0.2, -0.15) is 0 Å². The standard InChI is InChI=1S/C7H14O2/c1-3-6(5-8)7(9)4-2/h3,6-9H,1,4-5H2,2H3/t6-,7-/m1/s1. The van der Waals surface area contributed by atoms with E-state index < -0.39 is 6.10 Å². The van der Waals surface area contributed by atoms with Crippen LogP contribution in [0, 0.1) is 5.92 Å². The van der Waals surface area contributed by atoms with Crippen molar-refractivity contribution in [2.75, 3.05) is 6.61 Å². The first kappa shape index (κ1) is 8.66. The number of rotatable bonds is 4. The molecule has 0 radical (unpaired) electrons. The third-order valence-electron chi connectivity index (χ3n) is 1.43. The normalized spacial score (nSPS) is 16.8. The van der Waals surface area contributed by atoms with Gasteiger partial charge in [0.05, 0.1) is 12.7 Å². The van der Waals surface area contributed by atoms with E-state index in [1.54, 1.807) is 6.08 Å². The monoisotopic (exact) mass is 130 g/mol. The maximum absolute atomic E-state index is 9.09. The van der Waals surface area contributed by atoms with Gasteiger partial charge in [0.2, 0.25) is 0 Å². The lowest BCUT2D eigenvalue weighted by molar-refractivity contribution is 0.0889. The Morgan fingerprint density at radius 1 is 1.67 bits per heavy atom. The van der Waals surface area contributed by atoms with Gasteiger partial charge in [-0.05, 0) is 6.42 Å². The summed E-state index contributed by atoms with van der Waals surface area (Å²) in [5.74, 6) is -0.157. The van der Waals surface area contributed by atoms with Gasteiger partial charge in [-0.25, -0.2) is 0 Å². The van der Waals surface area contributed by atoms with Crippen LogP contribution in [0.2, 0.25) is 0 Å². The third-order valence-corrected chi connectivity index (χ3v) is 1.43. The quantitative estimate of drug-likeness (QED) is 0.546. The first-order valence-electron chi connectivity index (χ1n) is 3.17. The Bertz CT molecular complexity index is 81.0. The lowest BCUT2D eigenvalue weighted by atomic mass is 10.0. The molecule has 0 saturated heterocycles. The van der Waals surface area contributed by atoms with Crippen LogP contribution in [0.25, 0.3) is 0 Å². The average molecular weight is 130 g/mol. The van der Waals surface area contributed by atoms with Crippen LogP contribution in [-0.4, -0.2) is 22.9 Å². The van der Waals surface area contributed by atoms with Gasteiger partial charge in [-0.15, -0.1) is 6.58 Å². The SMILES string of the molecule is C=C[C@H](CO)[C@H](O)CC. The lowest BCUT2D eigenvalue weighted by Gasteiger charge is -2.14. The van der Waals surface area contributed by atoms with Gasteiger partial charge in [0.15, 0.2) is 0 Å². The number of aliphatic hydroxyl groups excluding tert-OH is 2. The molecule has 0 aliphatic rings. The van der Waals surface area contributed by atoms with E-state index in [4.69, 9.17) is 10.2 Å². The molecule has 0 amide bonds. The number of aliphatic hydroxyl groups is 2. The summed E-state index contributed by atoms with van der Waals surface area (Å²) < 4.78 is 0. The zero-order valence-corrected chi connectivity index (χ0v) is 5.75. The highest BCUT2D eigenvalue weighted by Gasteiger charge is 2.11. The van der Waals surface area contributed by atoms with E-state index in [1.165, 1.54) is 0 Å². The molecule has 0 aromatic heterocycles. The third kappa shape index (κ3) is 2.63. The molecule has 0 unspecified atom stereocenters. The predicted molar refractivity (Wildman–Crippen MR) is 37.1 cm³/mol. The highest BCUT2D eigenvalue weighted by Crippen LogP contribution is 2.06. The first-order chi connectivity index (χ1) is 4.26. The molecule has 0 fully saturated rings. The first-order valence-corrected chi connectivity index (χ1v) is 3.17. The van der Waals surface area contributed by atoms with E-state index in [-0.39, 0.29) is 12.5 Å². The molecule has 0 aromatic rings. The van der Waals surface area contributed by atoms with Gasteiger partial charge in [0.1, 0.15) is 0 Å². The molecule has 2 N–H and O–H groups in total. The molecular formula is C7H14O2. The van der Waals surface area contributed by atoms with Crippen molar-refractivity contribution in [3.05, 3.63) is 12.7 Å². The van der Waals surface area contributed by atoms with Crippen molar-refractivity contribution in [1.82, 2.24) is 0 Å². The molecule has 0 aromatic carbocycles. The summed E-state index contributed by atoms with van der Waals surface area (Å²) >= 11 is 0. The Labute approximate surface area is 55.8 Å². The van der Waals surface area contributed by atoms with Crippen molar-refractivity contribution in [2.24, 2.45) is 5.92 Å². The van der Waals surface area contributed by atoms with Crippen molar-refractivity contribution < 1.29 is 10.2 Å². The van der Waals surface area contributed by atoms with Crippen molar-refractivity contribution in [3.63, 3.8) is 0 Å². The fraction of sp³-hybridized carbons (Fsp3) is 0.714. The summed E-state index contributed by atoms with van der Waals surface area (Å²) in [7, 11) is 0. The topological polar surface area (TPSA) is 40.5 Å². The Kier molecular flexibility index (Phi) is 4.36. The van der Waals surface area contributed by atoms with Gasteiger partial charge in [-0.3, -0.25) is 0 Å². The molecule has 0 rings (SSSR count). The van der Waals surface area contributed by atoms with E-state index >= 15 is 0 Å². The van der Waals surface area contributed by atoms with Gasteiger partial charge < -0.3 is 10.2 Å². The zero-order valence-electron chi connectivity index (χ0n) is 5.75. The molecule has 54 valence electrons. The van der Waals surface area contributed by atoms with Crippen molar-refractivity contribution in [1.29, 1.82) is 0 Å². The van der Waals surface area contributed by atoms with Crippen LogP contribution in [-0.2, 0) is 0 Å². The Morgan fingerprint density at radius 3 is 2.33 bits per heavy atom. The van der Waals surface area contributed by atoms with Crippen LogP contribution >= 0.6 is 0 Å². The second-order valence-corrected chi connectivity index (χ2v) is 2.06. The Morgan fingerprint density at radius 2 is 2.22 bits per heavy atom. The highest BCUT2D eigenvalue weighted by molar-refractivity contribution is 4.83. The van der Waals surface area contributed by atoms with Gasteiger partial charge in [0, 0.05) is 5.92 Å². The average Bonchev–Trinajstić information content (AvgIpc) is 1.90. The molecule has 0 saturated carbocycles. The minimum Gasteiger partial charge on any atom is -0.396 e. The second kappa shape index (κ2) is 4.53. The molecule has 2 atom stereocenters. The van der Waals surface area contributed by atoms with E-state index in [1.807, 2.05) is 6.92 Å². The van der Waals surface area contributed by atoms with E-state index in [2.05, 4.69) is 6.58 Å². The lowest BCUT2D eigenvalue weighted by Crippen LogP contribution is -2.20. The van der Waals surface area contributed by atoms with Crippen molar-refractivity contribution in [2.45, 2.75) is 19.4 Å². The van der Waals surface area contributed by atoms with Gasteiger partial charge in [-0.1, -0.05) is 13.0 Å². The van der Waals surface area contributed by atoms with E-state index in [0.29, 0.717) is 6.42 Å². The smallest absolute Gasteiger partial charge is 0.0622 e. The maximum atomic E-state index is 9.09. The largest absolute Gasteiger partial charge is 0.396 e. The van der Waals surface area contributed by atoms with Gasteiger partial charge in [0.25, 0.3) is 0 Å². The van der Waals surface area contributed by atoms with Crippen LogP contribution in [0.4, 0.5) is 0 Å². The summed E-state index contributed by atoms with van der Waals surface area (Å²) in [4.78, 5) is 0. The molecular weight excluding hydrogens is 116 g/mol. The summed E-state index contributed by atoms with van der Waals surface area (Å²) in [6.45, 7) is 5.34. The zero-order chi connectivity index (χ0) is 7.28. The summed E-state index contributed by atoms with van der Waals surface area (Å²) in [6.07, 6.45) is 1.80. The van der Waals surface area contributed by atoms with Crippen molar-refractivity contribution in [3.8, 4) is 0 Å². The van der Waals surface area contributed by atoms with Crippen LogP contribution in [0.15, 0.2) is 12.7 Å². The van der Waals surface area contributed by atoms with Crippen LogP contribution < -0.4 is 0 Å².